The molecule has 0 spiro atoms. The van der Waals surface area contributed by atoms with Crippen molar-refractivity contribution in [3.8, 4) is 0 Å². The summed E-state index contributed by atoms with van der Waals surface area (Å²) in [6, 6.07) is 0.877. The highest BCUT2D eigenvalue weighted by molar-refractivity contribution is 9.09. The molecule has 0 saturated heterocycles. The van der Waals surface area contributed by atoms with Crippen molar-refractivity contribution in [3.05, 3.63) is 18.0 Å². The number of hydrogen-bond acceptors (Lipinski definition) is 3. The molecule has 7 heteroatoms. The van der Waals surface area contributed by atoms with E-state index in [1.807, 2.05) is 6.92 Å². The highest BCUT2D eigenvalue weighted by atomic mass is 79.9. The summed E-state index contributed by atoms with van der Waals surface area (Å²) in [5, 5.41) is 0.794. The van der Waals surface area contributed by atoms with Gasteiger partial charge in [-0.05, 0) is 19.4 Å². The maximum atomic E-state index is 12.5. The van der Waals surface area contributed by atoms with Gasteiger partial charge in [0.05, 0.1) is 0 Å². The van der Waals surface area contributed by atoms with Gasteiger partial charge in [0.15, 0.2) is 0 Å². The van der Waals surface area contributed by atoms with E-state index in [9.17, 15) is 13.2 Å². The Morgan fingerprint density at radius 3 is 2.65 bits per heavy atom. The van der Waals surface area contributed by atoms with Gasteiger partial charge in [-0.15, -0.1) is 0 Å². The molecule has 1 heterocycles. The van der Waals surface area contributed by atoms with Crippen molar-refractivity contribution in [2.24, 2.45) is 0 Å². The van der Waals surface area contributed by atoms with E-state index >= 15 is 0 Å². The molecule has 1 rings (SSSR count). The molecule has 0 N–H and O–H groups in total. The molecule has 1 aromatic heterocycles. The van der Waals surface area contributed by atoms with E-state index < -0.39 is 11.9 Å². The summed E-state index contributed by atoms with van der Waals surface area (Å²) in [4.78, 5) is 9.14. The molecule has 0 fully saturated rings. The molecule has 0 bridgehead atoms. The molecular weight excluding hydrogens is 299 g/mol. The second kappa shape index (κ2) is 6.18. The number of anilines is 1. The van der Waals surface area contributed by atoms with Gasteiger partial charge in [0.2, 0.25) is 5.95 Å². The molecule has 0 saturated carbocycles. The second-order valence-corrected chi connectivity index (χ2v) is 4.15. The van der Waals surface area contributed by atoms with Crippen molar-refractivity contribution in [1.29, 1.82) is 0 Å². The van der Waals surface area contributed by atoms with E-state index in [1.165, 1.54) is 0 Å². The normalized spacial score (nSPS) is 11.6. The van der Waals surface area contributed by atoms with Crippen LogP contribution >= 0.6 is 15.9 Å². The standard InChI is InChI=1S/C10H13BrF3N3/c1-2-17(7-3-5-11)9-15-6-4-8(16-9)10(12,13)14/h4,6H,2-3,5,7H2,1H3. The molecule has 0 radical (unpaired) electrons. The van der Waals surface area contributed by atoms with Crippen molar-refractivity contribution in [3.63, 3.8) is 0 Å². The smallest absolute Gasteiger partial charge is 0.341 e. The molecule has 0 aliphatic carbocycles. The minimum atomic E-state index is -4.42. The van der Waals surface area contributed by atoms with E-state index in [4.69, 9.17) is 0 Å². The van der Waals surface area contributed by atoms with Gasteiger partial charge in [-0.2, -0.15) is 13.2 Å². The zero-order valence-electron chi connectivity index (χ0n) is 9.34. The van der Waals surface area contributed by atoms with Crippen LogP contribution in [0, 0.1) is 0 Å². The summed E-state index contributed by atoms with van der Waals surface area (Å²) < 4.78 is 37.4. The van der Waals surface area contributed by atoms with Crippen LogP contribution in [0.1, 0.15) is 19.0 Å². The molecule has 96 valence electrons. The van der Waals surface area contributed by atoms with Crippen LogP contribution in [0.3, 0.4) is 0 Å². The van der Waals surface area contributed by atoms with E-state index in [2.05, 4.69) is 25.9 Å². The lowest BCUT2D eigenvalue weighted by Crippen LogP contribution is -2.27. The quantitative estimate of drug-likeness (QED) is 0.782. The number of rotatable bonds is 5. The third-order valence-electron chi connectivity index (χ3n) is 2.16. The lowest BCUT2D eigenvalue weighted by molar-refractivity contribution is -0.141. The molecule has 0 amide bonds. The monoisotopic (exact) mass is 311 g/mol. The highest BCUT2D eigenvalue weighted by Crippen LogP contribution is 2.28. The maximum absolute atomic E-state index is 12.5. The van der Waals surface area contributed by atoms with E-state index in [-0.39, 0.29) is 5.95 Å². The summed E-state index contributed by atoms with van der Waals surface area (Å²) >= 11 is 3.28. The van der Waals surface area contributed by atoms with Gasteiger partial charge in [0, 0.05) is 24.6 Å². The van der Waals surface area contributed by atoms with Gasteiger partial charge in [-0.3, -0.25) is 0 Å². The van der Waals surface area contributed by atoms with Crippen LogP contribution in [0.2, 0.25) is 0 Å². The summed E-state index contributed by atoms with van der Waals surface area (Å²) in [5.41, 5.74) is -0.903. The van der Waals surface area contributed by atoms with Crippen LogP contribution in [0.5, 0.6) is 0 Å². The zero-order chi connectivity index (χ0) is 12.9. The minimum Gasteiger partial charge on any atom is -0.341 e. The van der Waals surface area contributed by atoms with Gasteiger partial charge in [0.25, 0.3) is 0 Å². The fourth-order valence-corrected chi connectivity index (χ4v) is 1.56. The second-order valence-electron chi connectivity index (χ2n) is 3.36. The molecule has 1 aromatic rings. The number of alkyl halides is 4. The van der Waals surface area contributed by atoms with Crippen LogP contribution in [0.15, 0.2) is 12.3 Å². The molecule has 3 nitrogen and oxygen atoms in total. The fourth-order valence-electron chi connectivity index (χ4n) is 1.31. The molecular formula is C10H13BrF3N3. The number of halogens is 4. The molecule has 0 aliphatic rings. The van der Waals surface area contributed by atoms with Gasteiger partial charge < -0.3 is 4.90 Å². The fraction of sp³-hybridized carbons (Fsp3) is 0.600. The first kappa shape index (κ1) is 14.2. The summed E-state index contributed by atoms with van der Waals surface area (Å²) in [7, 11) is 0. The average Bonchev–Trinajstić information content (AvgIpc) is 2.29. The average molecular weight is 312 g/mol. The van der Waals surface area contributed by atoms with Gasteiger partial charge in [0.1, 0.15) is 5.69 Å². The predicted molar refractivity (Wildman–Crippen MR) is 63.3 cm³/mol. The summed E-state index contributed by atoms with van der Waals surface area (Å²) in [6.07, 6.45) is -2.46. The van der Waals surface area contributed by atoms with Crippen LogP contribution in [0.25, 0.3) is 0 Å². The topological polar surface area (TPSA) is 29.0 Å². The minimum absolute atomic E-state index is 0.128. The first-order chi connectivity index (χ1) is 7.99. The Bertz CT molecular complexity index is 357. The summed E-state index contributed by atoms with van der Waals surface area (Å²) in [5.74, 6) is 0.128. The largest absolute Gasteiger partial charge is 0.433 e. The van der Waals surface area contributed by atoms with Gasteiger partial charge in [-0.25, -0.2) is 9.97 Å². The Balaban J connectivity index is 2.89. The lowest BCUT2D eigenvalue weighted by Gasteiger charge is -2.20. The first-order valence-corrected chi connectivity index (χ1v) is 6.32. The van der Waals surface area contributed by atoms with Crippen LogP contribution in [-0.2, 0) is 6.18 Å². The van der Waals surface area contributed by atoms with Crippen molar-refractivity contribution in [2.45, 2.75) is 19.5 Å². The number of hydrogen-bond donors (Lipinski definition) is 0. The maximum Gasteiger partial charge on any atom is 0.433 e. The van der Waals surface area contributed by atoms with Crippen molar-refractivity contribution in [2.75, 3.05) is 23.3 Å². The molecule has 0 aromatic carbocycles. The number of aromatic nitrogens is 2. The molecule has 0 unspecified atom stereocenters. The Hall–Kier alpha value is -0.850. The Labute approximate surface area is 106 Å². The SMILES string of the molecule is CCN(CCCBr)c1nccc(C(F)(F)F)n1. The third-order valence-corrected chi connectivity index (χ3v) is 2.72. The van der Waals surface area contributed by atoms with Gasteiger partial charge >= 0.3 is 6.18 Å². The molecule has 0 aliphatic heterocycles. The van der Waals surface area contributed by atoms with Gasteiger partial charge in [-0.1, -0.05) is 15.9 Å². The Morgan fingerprint density at radius 2 is 2.12 bits per heavy atom. The van der Waals surface area contributed by atoms with E-state index in [0.717, 1.165) is 24.0 Å². The predicted octanol–water partition coefficient (Wildman–Crippen LogP) is 3.11. The van der Waals surface area contributed by atoms with Crippen LogP contribution in [-0.4, -0.2) is 28.4 Å². The summed E-state index contributed by atoms with van der Waals surface area (Å²) in [6.45, 7) is 3.06. The third kappa shape index (κ3) is 4.14. The highest BCUT2D eigenvalue weighted by Gasteiger charge is 2.33. The zero-order valence-corrected chi connectivity index (χ0v) is 10.9. The Morgan fingerprint density at radius 1 is 1.41 bits per heavy atom. The van der Waals surface area contributed by atoms with Crippen molar-refractivity contribution < 1.29 is 13.2 Å². The lowest BCUT2D eigenvalue weighted by atomic mass is 10.4. The van der Waals surface area contributed by atoms with E-state index in [0.29, 0.717) is 13.1 Å². The first-order valence-electron chi connectivity index (χ1n) is 5.20. The van der Waals surface area contributed by atoms with Crippen LogP contribution < -0.4 is 4.90 Å². The van der Waals surface area contributed by atoms with Crippen LogP contribution in [0.4, 0.5) is 19.1 Å². The van der Waals surface area contributed by atoms with Crippen molar-refractivity contribution in [1.82, 2.24) is 9.97 Å². The van der Waals surface area contributed by atoms with E-state index in [1.54, 1.807) is 4.90 Å². The number of nitrogens with zero attached hydrogens (tertiary/aromatic N) is 3. The molecule has 0 atom stereocenters. The molecule has 17 heavy (non-hydrogen) atoms. The Kier molecular flexibility index (Phi) is 5.17. The van der Waals surface area contributed by atoms with Crippen molar-refractivity contribution >= 4 is 21.9 Å².